The fraction of sp³-hybridized carbons (Fsp3) is 0.290. The first-order valence-electron chi connectivity index (χ1n) is 14.0. The van der Waals surface area contributed by atoms with Crippen LogP contribution in [-0.2, 0) is 25.4 Å². The van der Waals surface area contributed by atoms with Gasteiger partial charge in [0, 0.05) is 62.7 Å². The smallest absolute Gasteiger partial charge is 0.330 e. The van der Waals surface area contributed by atoms with Gasteiger partial charge in [0.2, 0.25) is 11.8 Å². The molecule has 1 aliphatic rings. The van der Waals surface area contributed by atoms with E-state index in [2.05, 4.69) is 25.9 Å². The second-order valence-corrected chi connectivity index (χ2v) is 10.9. The summed E-state index contributed by atoms with van der Waals surface area (Å²) in [5.41, 5.74) is 3.11. The summed E-state index contributed by atoms with van der Waals surface area (Å²) in [6, 6.07) is 11.0. The summed E-state index contributed by atoms with van der Waals surface area (Å²) in [4.78, 5) is 58.4. The molecule has 2 aromatic carbocycles. The molecule has 44 heavy (non-hydrogen) atoms. The molecule has 3 N–H and O–H groups in total. The molecule has 5 rings (SSSR count). The first-order valence-corrected chi connectivity index (χ1v) is 14.3. The molecule has 0 radical (unpaired) electrons. The van der Waals surface area contributed by atoms with E-state index in [0.29, 0.717) is 58.6 Å². The van der Waals surface area contributed by atoms with Crippen LogP contribution in [0.3, 0.4) is 0 Å². The minimum atomic E-state index is -0.684. The maximum atomic E-state index is 13.1. The Labute approximate surface area is 258 Å². The molecule has 0 bridgehead atoms. The van der Waals surface area contributed by atoms with Crippen LogP contribution in [0.15, 0.2) is 58.4 Å². The predicted octanol–water partition coefficient (Wildman–Crippen LogP) is 2.80. The number of halogens is 1. The third kappa shape index (κ3) is 6.12. The van der Waals surface area contributed by atoms with Gasteiger partial charge in [-0.15, -0.1) is 0 Å². The van der Waals surface area contributed by atoms with Crippen molar-refractivity contribution in [2.24, 2.45) is 14.1 Å². The van der Waals surface area contributed by atoms with E-state index >= 15 is 0 Å². The lowest BCUT2D eigenvalue weighted by Crippen LogP contribution is -2.40. The van der Waals surface area contributed by atoms with Crippen LogP contribution >= 0.6 is 11.6 Å². The second kappa shape index (κ2) is 12.8. The molecule has 4 aromatic rings. The zero-order valence-electron chi connectivity index (χ0n) is 24.7. The average molecular weight is 618 g/mol. The van der Waals surface area contributed by atoms with Crippen LogP contribution in [0.25, 0.3) is 22.4 Å². The number of hydrogen-bond acceptors (Lipinski definition) is 8. The molecule has 0 saturated carbocycles. The summed E-state index contributed by atoms with van der Waals surface area (Å²) in [5.74, 6) is -0.207. The third-order valence-corrected chi connectivity index (χ3v) is 8.02. The van der Waals surface area contributed by atoms with Crippen LogP contribution in [0.2, 0.25) is 5.02 Å². The zero-order chi connectivity index (χ0) is 31.5. The highest BCUT2D eigenvalue weighted by atomic mass is 35.5. The summed E-state index contributed by atoms with van der Waals surface area (Å²) < 4.78 is 7.60. The largest absolute Gasteiger partial charge is 0.480 e. The number of carbonyl (C=O) groups is 2. The Bertz CT molecular complexity index is 1880. The Kier molecular flexibility index (Phi) is 8.93. The standard InChI is InChI=1S/C31H32ClN7O5/c1-17-19(7-6-10-23(17)36-28(41)22-16-38(2)31(43)39(3)30(22)42)20-8-5-9-21(27(20)32)24-15-34-25(29(37-24)44-4)14-33-13-18-11-12-26(40)35-18/h5-10,15-16,18,33H,11-14H2,1-4H3,(H,35,40)(H,36,41). The minimum Gasteiger partial charge on any atom is -0.480 e. The fourth-order valence-electron chi connectivity index (χ4n) is 5.16. The van der Waals surface area contributed by atoms with Gasteiger partial charge >= 0.3 is 5.69 Å². The highest BCUT2D eigenvalue weighted by Crippen LogP contribution is 2.39. The molecule has 1 fully saturated rings. The highest BCUT2D eigenvalue weighted by molar-refractivity contribution is 6.36. The number of ether oxygens (including phenoxy) is 1. The van der Waals surface area contributed by atoms with Gasteiger partial charge in [-0.25, -0.2) is 9.78 Å². The lowest BCUT2D eigenvalue weighted by Gasteiger charge is -2.16. The number of nitrogens with zero attached hydrogens (tertiary/aromatic N) is 4. The second-order valence-electron chi connectivity index (χ2n) is 10.5. The number of aromatic nitrogens is 4. The fourth-order valence-corrected chi connectivity index (χ4v) is 5.49. The number of methoxy groups -OCH3 is 1. The summed E-state index contributed by atoms with van der Waals surface area (Å²) in [6.45, 7) is 2.88. The van der Waals surface area contributed by atoms with E-state index in [9.17, 15) is 19.2 Å². The number of aryl methyl sites for hydroxylation is 1. The van der Waals surface area contributed by atoms with Crippen LogP contribution in [0.4, 0.5) is 5.69 Å². The normalized spacial score (nSPS) is 14.4. The number of rotatable bonds is 9. The van der Waals surface area contributed by atoms with Crippen molar-refractivity contribution in [1.29, 1.82) is 0 Å². The van der Waals surface area contributed by atoms with Crippen molar-refractivity contribution in [3.8, 4) is 28.3 Å². The van der Waals surface area contributed by atoms with Crippen LogP contribution in [0.5, 0.6) is 5.88 Å². The van der Waals surface area contributed by atoms with Gasteiger partial charge in [-0.1, -0.05) is 41.9 Å². The number of anilines is 1. The minimum absolute atomic E-state index is 0.0673. The zero-order valence-corrected chi connectivity index (χ0v) is 25.5. The van der Waals surface area contributed by atoms with Gasteiger partial charge in [-0.2, -0.15) is 0 Å². The molecule has 0 aliphatic carbocycles. The number of carbonyl (C=O) groups excluding carboxylic acids is 2. The number of amides is 2. The van der Waals surface area contributed by atoms with Gasteiger partial charge in [0.1, 0.15) is 11.3 Å². The Balaban J connectivity index is 1.40. The van der Waals surface area contributed by atoms with E-state index in [1.54, 1.807) is 18.3 Å². The van der Waals surface area contributed by atoms with Crippen molar-refractivity contribution in [2.45, 2.75) is 32.4 Å². The van der Waals surface area contributed by atoms with Crippen LogP contribution in [0.1, 0.15) is 34.5 Å². The SMILES string of the molecule is COc1nc(-c2cccc(-c3cccc(NC(=O)c4cn(C)c(=O)n(C)c4=O)c3C)c2Cl)cnc1CNCC1CCC(=O)N1. The maximum Gasteiger partial charge on any atom is 0.330 e. The Morgan fingerprint density at radius 3 is 2.57 bits per heavy atom. The molecule has 1 aliphatic heterocycles. The predicted molar refractivity (Wildman–Crippen MR) is 167 cm³/mol. The third-order valence-electron chi connectivity index (χ3n) is 7.61. The van der Waals surface area contributed by atoms with Crippen molar-refractivity contribution in [3.63, 3.8) is 0 Å². The first kappa shape index (κ1) is 30.6. The van der Waals surface area contributed by atoms with Crippen molar-refractivity contribution < 1.29 is 14.3 Å². The van der Waals surface area contributed by atoms with Crippen molar-refractivity contribution >= 4 is 29.1 Å². The Morgan fingerprint density at radius 1 is 1.11 bits per heavy atom. The van der Waals surface area contributed by atoms with E-state index in [-0.39, 0.29) is 17.5 Å². The quantitative estimate of drug-likeness (QED) is 0.260. The number of benzene rings is 2. The first-order chi connectivity index (χ1) is 21.1. The molecule has 0 spiro atoms. The van der Waals surface area contributed by atoms with E-state index in [1.807, 2.05) is 31.2 Å². The van der Waals surface area contributed by atoms with Gasteiger partial charge in [-0.3, -0.25) is 23.9 Å². The van der Waals surface area contributed by atoms with E-state index < -0.39 is 17.2 Å². The Morgan fingerprint density at radius 2 is 1.84 bits per heavy atom. The molecule has 1 saturated heterocycles. The van der Waals surface area contributed by atoms with E-state index in [0.717, 1.165) is 22.1 Å². The lowest BCUT2D eigenvalue weighted by atomic mass is 9.96. The summed E-state index contributed by atoms with van der Waals surface area (Å²) in [6.07, 6.45) is 4.21. The van der Waals surface area contributed by atoms with Crippen LogP contribution < -0.4 is 31.9 Å². The molecule has 3 heterocycles. The van der Waals surface area contributed by atoms with Crippen molar-refractivity contribution in [2.75, 3.05) is 19.0 Å². The molecule has 1 atom stereocenters. The molecular weight excluding hydrogens is 586 g/mol. The van der Waals surface area contributed by atoms with E-state index in [1.165, 1.54) is 32.0 Å². The lowest BCUT2D eigenvalue weighted by molar-refractivity contribution is -0.119. The molecular formula is C31H32ClN7O5. The van der Waals surface area contributed by atoms with Gasteiger partial charge in [0.05, 0.1) is 24.0 Å². The monoisotopic (exact) mass is 617 g/mol. The average Bonchev–Trinajstić information content (AvgIpc) is 3.44. The summed E-state index contributed by atoms with van der Waals surface area (Å²) in [5, 5.41) is 9.46. The van der Waals surface area contributed by atoms with Crippen LogP contribution in [0, 0.1) is 6.92 Å². The van der Waals surface area contributed by atoms with Crippen LogP contribution in [-0.4, -0.2) is 50.6 Å². The van der Waals surface area contributed by atoms with E-state index in [4.69, 9.17) is 16.3 Å². The summed E-state index contributed by atoms with van der Waals surface area (Å²) >= 11 is 6.96. The van der Waals surface area contributed by atoms with Crippen molar-refractivity contribution in [3.05, 3.63) is 91.5 Å². The maximum absolute atomic E-state index is 13.1. The molecule has 1 unspecified atom stereocenters. The van der Waals surface area contributed by atoms with Gasteiger partial charge in [-0.05, 0) is 30.5 Å². The summed E-state index contributed by atoms with van der Waals surface area (Å²) in [7, 11) is 4.33. The molecule has 2 amide bonds. The topological polar surface area (TPSA) is 149 Å². The highest BCUT2D eigenvalue weighted by Gasteiger charge is 2.21. The van der Waals surface area contributed by atoms with Gasteiger partial charge in [0.25, 0.3) is 11.5 Å². The van der Waals surface area contributed by atoms with Gasteiger partial charge < -0.3 is 25.3 Å². The van der Waals surface area contributed by atoms with Gasteiger partial charge in [0.15, 0.2) is 0 Å². The number of hydrogen-bond donors (Lipinski definition) is 3. The molecule has 13 heteroatoms. The molecule has 228 valence electrons. The molecule has 2 aromatic heterocycles. The number of nitrogens with one attached hydrogen (secondary N) is 3. The Hall–Kier alpha value is -4.81. The molecule has 12 nitrogen and oxygen atoms in total. The van der Waals surface area contributed by atoms with Crippen molar-refractivity contribution in [1.82, 2.24) is 29.7 Å².